The van der Waals surface area contributed by atoms with Gasteiger partial charge in [-0.05, 0) is 43.0 Å². The molecule has 19 heavy (non-hydrogen) atoms. The maximum atomic E-state index is 11.9. The first-order chi connectivity index (χ1) is 9.20. The number of rotatable bonds is 4. The highest BCUT2D eigenvalue weighted by atomic mass is 16.2. The lowest BCUT2D eigenvalue weighted by molar-refractivity contribution is 0.0952. The van der Waals surface area contributed by atoms with Crippen LogP contribution in [0.1, 0.15) is 40.7 Å². The number of benzene rings is 1. The smallest absolute Gasteiger partial charge is 0.251 e. The van der Waals surface area contributed by atoms with Crippen LogP contribution in [-0.4, -0.2) is 24.2 Å². The molecule has 3 nitrogen and oxygen atoms in total. The minimum absolute atomic E-state index is 0.0228. The molecule has 2 rings (SSSR count). The zero-order valence-corrected chi connectivity index (χ0v) is 11.2. The van der Waals surface area contributed by atoms with Crippen LogP contribution in [-0.2, 0) is 0 Å². The van der Waals surface area contributed by atoms with Gasteiger partial charge >= 0.3 is 0 Å². The largest absolute Gasteiger partial charge is 0.384 e. The van der Waals surface area contributed by atoms with E-state index in [1.165, 1.54) is 12.8 Å². The van der Waals surface area contributed by atoms with Crippen molar-refractivity contribution in [1.29, 1.82) is 0 Å². The fourth-order valence-electron chi connectivity index (χ4n) is 1.98. The lowest BCUT2D eigenvalue weighted by atomic mass is 10.0. The molecule has 1 fully saturated rings. The molecule has 0 aromatic heterocycles. The highest BCUT2D eigenvalue weighted by molar-refractivity contribution is 5.94. The number of nitrogens with one attached hydrogen (secondary N) is 1. The molecule has 0 saturated heterocycles. The van der Waals surface area contributed by atoms with Crippen LogP contribution in [0.4, 0.5) is 0 Å². The first-order valence-corrected chi connectivity index (χ1v) is 6.69. The van der Waals surface area contributed by atoms with Gasteiger partial charge in [-0.1, -0.05) is 24.7 Å². The average Bonchev–Trinajstić information content (AvgIpc) is 3.21. The van der Waals surface area contributed by atoms with Gasteiger partial charge in [0.1, 0.15) is 6.61 Å². The van der Waals surface area contributed by atoms with Gasteiger partial charge < -0.3 is 10.4 Å². The number of carbonyl (C=O) groups is 1. The highest BCUT2D eigenvalue weighted by Crippen LogP contribution is 2.31. The molecule has 1 aliphatic carbocycles. The van der Waals surface area contributed by atoms with Crippen molar-refractivity contribution in [2.75, 3.05) is 13.2 Å². The Kier molecular flexibility index (Phi) is 4.59. The zero-order valence-electron chi connectivity index (χ0n) is 11.2. The molecule has 1 aromatic rings. The van der Waals surface area contributed by atoms with Crippen molar-refractivity contribution in [2.45, 2.75) is 26.2 Å². The minimum atomic E-state index is -0.150. The Morgan fingerprint density at radius 2 is 2.26 bits per heavy atom. The van der Waals surface area contributed by atoms with Crippen LogP contribution in [0.15, 0.2) is 18.2 Å². The van der Waals surface area contributed by atoms with Gasteiger partial charge in [0.25, 0.3) is 5.91 Å². The van der Waals surface area contributed by atoms with Crippen LogP contribution in [0.5, 0.6) is 0 Å². The summed E-state index contributed by atoms with van der Waals surface area (Å²) < 4.78 is 0. The zero-order chi connectivity index (χ0) is 13.7. The lowest BCUT2D eigenvalue weighted by Gasteiger charge is -2.06. The monoisotopic (exact) mass is 257 g/mol. The normalized spacial score (nSPS) is 13.6. The molecule has 100 valence electrons. The Balaban J connectivity index is 1.95. The van der Waals surface area contributed by atoms with E-state index >= 15 is 0 Å². The summed E-state index contributed by atoms with van der Waals surface area (Å²) in [5, 5.41) is 11.6. The van der Waals surface area contributed by atoms with E-state index in [2.05, 4.69) is 17.2 Å². The maximum Gasteiger partial charge on any atom is 0.251 e. The van der Waals surface area contributed by atoms with Gasteiger partial charge in [-0.3, -0.25) is 4.79 Å². The third kappa shape index (κ3) is 4.11. The number of aliphatic hydroxyl groups is 1. The number of carbonyl (C=O) groups excluding carboxylic acids is 1. The fourth-order valence-corrected chi connectivity index (χ4v) is 1.98. The molecule has 0 unspecified atom stereocenters. The van der Waals surface area contributed by atoms with Gasteiger partial charge in [0.05, 0.1) is 0 Å². The Hall–Kier alpha value is -1.79. The predicted molar refractivity (Wildman–Crippen MR) is 74.8 cm³/mol. The topological polar surface area (TPSA) is 49.3 Å². The van der Waals surface area contributed by atoms with Crippen molar-refractivity contribution in [3.63, 3.8) is 0 Å². The molecule has 0 heterocycles. The van der Waals surface area contributed by atoms with Crippen LogP contribution >= 0.6 is 0 Å². The first-order valence-electron chi connectivity index (χ1n) is 6.69. The summed E-state index contributed by atoms with van der Waals surface area (Å²) in [7, 11) is 0. The molecular weight excluding hydrogens is 238 g/mol. The van der Waals surface area contributed by atoms with Crippen LogP contribution in [0, 0.1) is 24.7 Å². The SMILES string of the molecule is Cc1cc(C(=O)NCCC2CC2)ccc1C#CCO. The van der Waals surface area contributed by atoms with E-state index in [0.717, 1.165) is 30.0 Å². The van der Waals surface area contributed by atoms with Crippen molar-refractivity contribution in [2.24, 2.45) is 5.92 Å². The second kappa shape index (κ2) is 6.40. The van der Waals surface area contributed by atoms with E-state index in [-0.39, 0.29) is 12.5 Å². The highest BCUT2D eigenvalue weighted by Gasteiger charge is 2.20. The van der Waals surface area contributed by atoms with Crippen molar-refractivity contribution in [1.82, 2.24) is 5.32 Å². The Morgan fingerprint density at radius 1 is 1.47 bits per heavy atom. The van der Waals surface area contributed by atoms with Gasteiger partial charge in [-0.2, -0.15) is 0 Å². The molecule has 1 aromatic carbocycles. The van der Waals surface area contributed by atoms with E-state index in [1.54, 1.807) is 6.07 Å². The summed E-state index contributed by atoms with van der Waals surface area (Å²) in [6.45, 7) is 2.53. The van der Waals surface area contributed by atoms with Crippen molar-refractivity contribution < 1.29 is 9.90 Å². The fraction of sp³-hybridized carbons (Fsp3) is 0.438. The van der Waals surface area contributed by atoms with Gasteiger partial charge in [0, 0.05) is 17.7 Å². The lowest BCUT2D eigenvalue weighted by Crippen LogP contribution is -2.24. The predicted octanol–water partition coefficient (Wildman–Crippen LogP) is 1.87. The van der Waals surface area contributed by atoms with E-state index in [4.69, 9.17) is 5.11 Å². The molecule has 1 saturated carbocycles. The molecule has 0 radical (unpaired) electrons. The number of hydrogen-bond acceptors (Lipinski definition) is 2. The summed E-state index contributed by atoms with van der Waals surface area (Å²) in [6.07, 6.45) is 3.71. The van der Waals surface area contributed by atoms with E-state index in [9.17, 15) is 4.79 Å². The van der Waals surface area contributed by atoms with E-state index < -0.39 is 0 Å². The number of aliphatic hydroxyl groups excluding tert-OH is 1. The summed E-state index contributed by atoms with van der Waals surface area (Å²) >= 11 is 0. The quantitative estimate of drug-likeness (QED) is 0.809. The third-order valence-corrected chi connectivity index (χ3v) is 3.33. The molecule has 1 aliphatic rings. The third-order valence-electron chi connectivity index (χ3n) is 3.33. The van der Waals surface area contributed by atoms with Gasteiger partial charge in [-0.25, -0.2) is 0 Å². The van der Waals surface area contributed by atoms with Gasteiger partial charge in [-0.15, -0.1) is 0 Å². The van der Waals surface area contributed by atoms with Gasteiger partial charge in [0.2, 0.25) is 0 Å². The molecule has 0 aliphatic heterocycles. The maximum absolute atomic E-state index is 11.9. The molecule has 0 bridgehead atoms. The Morgan fingerprint density at radius 3 is 2.89 bits per heavy atom. The summed E-state index contributed by atoms with van der Waals surface area (Å²) in [4.78, 5) is 11.9. The Bertz CT molecular complexity index is 521. The van der Waals surface area contributed by atoms with Crippen molar-refractivity contribution in [3.8, 4) is 11.8 Å². The summed E-state index contributed by atoms with van der Waals surface area (Å²) in [6, 6.07) is 5.45. The summed E-state index contributed by atoms with van der Waals surface area (Å²) in [5.41, 5.74) is 2.47. The van der Waals surface area contributed by atoms with Crippen LogP contribution < -0.4 is 5.32 Å². The van der Waals surface area contributed by atoms with E-state index in [0.29, 0.717) is 5.56 Å². The summed E-state index contributed by atoms with van der Waals surface area (Å²) in [5.74, 6) is 6.29. The second-order valence-electron chi connectivity index (χ2n) is 4.98. The number of amides is 1. The Labute approximate surface area is 114 Å². The molecule has 0 atom stereocenters. The molecule has 3 heteroatoms. The molecular formula is C16H19NO2. The van der Waals surface area contributed by atoms with Gasteiger partial charge in [0.15, 0.2) is 0 Å². The minimum Gasteiger partial charge on any atom is -0.384 e. The van der Waals surface area contributed by atoms with Crippen LogP contribution in [0.25, 0.3) is 0 Å². The molecule has 2 N–H and O–H groups in total. The number of hydrogen-bond donors (Lipinski definition) is 2. The average molecular weight is 257 g/mol. The number of aryl methyl sites for hydroxylation is 1. The van der Waals surface area contributed by atoms with Crippen molar-refractivity contribution in [3.05, 3.63) is 34.9 Å². The van der Waals surface area contributed by atoms with Crippen molar-refractivity contribution >= 4 is 5.91 Å². The first kappa shape index (κ1) is 13.6. The standard InChI is InChI=1S/C16H19NO2/c1-12-11-15(7-6-14(12)3-2-10-18)16(19)17-9-8-13-4-5-13/h6-7,11,13,18H,4-5,8-10H2,1H3,(H,17,19). The van der Waals surface area contributed by atoms with Crippen LogP contribution in [0.3, 0.4) is 0 Å². The second-order valence-corrected chi connectivity index (χ2v) is 4.98. The van der Waals surface area contributed by atoms with E-state index in [1.807, 2.05) is 19.1 Å². The molecule has 0 spiro atoms. The molecule has 1 amide bonds. The van der Waals surface area contributed by atoms with Crippen LogP contribution in [0.2, 0.25) is 0 Å².